The molecular weight excluding hydrogens is 630 g/mol. The van der Waals surface area contributed by atoms with Gasteiger partial charge in [-0.2, -0.15) is 0 Å². The largest absolute Gasteiger partial charge is 0.497 e. The fraction of sp³-hybridized carbons (Fsp3) is 0.447. The van der Waals surface area contributed by atoms with Gasteiger partial charge < -0.3 is 30.7 Å². The van der Waals surface area contributed by atoms with Crippen LogP contribution in [0.3, 0.4) is 0 Å². The van der Waals surface area contributed by atoms with E-state index in [9.17, 15) is 28.3 Å². The van der Waals surface area contributed by atoms with Gasteiger partial charge in [-0.1, -0.05) is 62.7 Å². The molecule has 0 radical (unpaired) electrons. The van der Waals surface area contributed by atoms with E-state index >= 15 is 0 Å². The summed E-state index contributed by atoms with van der Waals surface area (Å²) in [5.41, 5.74) is 1.01. The maximum Gasteiger partial charge on any atom is 0.249 e. The van der Waals surface area contributed by atoms with Gasteiger partial charge in [-0.05, 0) is 72.6 Å². The molecular formula is C38H48F2N4O5. The predicted octanol–water partition coefficient (Wildman–Crippen LogP) is 4.31. The van der Waals surface area contributed by atoms with Gasteiger partial charge in [0.2, 0.25) is 17.7 Å². The first kappa shape index (κ1) is 37.5. The molecule has 3 amide bonds. The zero-order valence-electron chi connectivity index (χ0n) is 28.7. The number of halogens is 2. The highest BCUT2D eigenvalue weighted by Crippen LogP contribution is 2.34. The van der Waals surface area contributed by atoms with Crippen molar-refractivity contribution < 1.29 is 33.0 Å². The Morgan fingerprint density at radius 2 is 1.69 bits per heavy atom. The zero-order chi connectivity index (χ0) is 35.6. The Balaban J connectivity index is 1.60. The molecule has 1 saturated heterocycles. The van der Waals surface area contributed by atoms with Gasteiger partial charge >= 0.3 is 0 Å². The number of aliphatic hydroxyl groups excluding tert-OH is 1. The van der Waals surface area contributed by atoms with Crippen molar-refractivity contribution >= 4 is 17.7 Å². The highest BCUT2D eigenvalue weighted by Gasteiger charge is 2.53. The summed E-state index contributed by atoms with van der Waals surface area (Å²) in [7, 11) is 1.58. The summed E-state index contributed by atoms with van der Waals surface area (Å²) in [6.45, 7) is 5.94. The van der Waals surface area contributed by atoms with Gasteiger partial charge in [-0.15, -0.1) is 0 Å². The Hall–Kier alpha value is -4.35. The van der Waals surface area contributed by atoms with Crippen LogP contribution in [0.1, 0.15) is 56.7 Å². The van der Waals surface area contributed by atoms with Gasteiger partial charge in [-0.25, -0.2) is 8.78 Å². The smallest absolute Gasteiger partial charge is 0.249 e. The maximum absolute atomic E-state index is 14.3. The normalized spacial score (nSPS) is 18.4. The van der Waals surface area contributed by atoms with E-state index in [-0.39, 0.29) is 49.2 Å². The molecule has 5 atom stereocenters. The molecule has 3 aromatic rings. The molecule has 0 saturated carbocycles. The molecule has 4 N–H and O–H groups in total. The molecule has 0 unspecified atom stereocenters. The lowest BCUT2D eigenvalue weighted by atomic mass is 9.81. The van der Waals surface area contributed by atoms with Crippen molar-refractivity contribution in [1.82, 2.24) is 20.9 Å². The van der Waals surface area contributed by atoms with Crippen LogP contribution >= 0.6 is 0 Å². The third-order valence-corrected chi connectivity index (χ3v) is 9.46. The van der Waals surface area contributed by atoms with Crippen LogP contribution in [0.25, 0.3) is 0 Å². The monoisotopic (exact) mass is 678 g/mol. The zero-order valence-corrected chi connectivity index (χ0v) is 28.7. The summed E-state index contributed by atoms with van der Waals surface area (Å²) in [4.78, 5) is 42.3. The van der Waals surface area contributed by atoms with Gasteiger partial charge in [0.1, 0.15) is 29.0 Å². The van der Waals surface area contributed by atoms with Crippen LogP contribution in [0.4, 0.5) is 8.78 Å². The first-order chi connectivity index (χ1) is 23.4. The van der Waals surface area contributed by atoms with E-state index in [0.717, 1.165) is 17.2 Å². The van der Waals surface area contributed by atoms with Crippen LogP contribution in [0.5, 0.6) is 5.75 Å². The summed E-state index contributed by atoms with van der Waals surface area (Å²) in [5.74, 6) is -2.18. The second kappa shape index (κ2) is 17.3. The average Bonchev–Trinajstić information content (AvgIpc) is 3.39. The predicted molar refractivity (Wildman–Crippen MR) is 184 cm³/mol. The quantitative estimate of drug-likeness (QED) is 0.169. The van der Waals surface area contributed by atoms with E-state index in [4.69, 9.17) is 4.74 Å². The van der Waals surface area contributed by atoms with Gasteiger partial charge in [0.25, 0.3) is 0 Å². The van der Waals surface area contributed by atoms with Crippen LogP contribution in [0.2, 0.25) is 0 Å². The van der Waals surface area contributed by atoms with E-state index in [1.54, 1.807) is 7.11 Å². The van der Waals surface area contributed by atoms with Crippen molar-refractivity contribution in [3.63, 3.8) is 0 Å². The molecule has 0 aliphatic carbocycles. The minimum absolute atomic E-state index is 0.0525. The number of nitrogens with zero attached hydrogens (tertiary/aromatic N) is 1. The number of aryl methyl sites for hydroxylation is 1. The van der Waals surface area contributed by atoms with Crippen molar-refractivity contribution in [2.75, 3.05) is 20.2 Å². The molecule has 264 valence electrons. The summed E-state index contributed by atoms with van der Waals surface area (Å²) in [5, 5.41) is 20.5. The number of amides is 3. The Bertz CT molecular complexity index is 1550. The average molecular weight is 679 g/mol. The Morgan fingerprint density at radius 1 is 1.00 bits per heavy atom. The van der Waals surface area contributed by atoms with Crippen LogP contribution in [-0.2, 0) is 33.8 Å². The van der Waals surface area contributed by atoms with Gasteiger partial charge in [0.05, 0.1) is 19.3 Å². The minimum Gasteiger partial charge on any atom is -0.497 e. The molecule has 1 heterocycles. The second-order valence-electron chi connectivity index (χ2n) is 12.9. The van der Waals surface area contributed by atoms with E-state index < -0.39 is 41.3 Å². The topological polar surface area (TPSA) is 120 Å². The number of carbonyl (C=O) groups is 3. The first-order valence-electron chi connectivity index (χ1n) is 16.9. The molecule has 0 aromatic heterocycles. The van der Waals surface area contributed by atoms with Crippen molar-refractivity contribution in [2.24, 2.45) is 5.92 Å². The van der Waals surface area contributed by atoms with E-state index in [1.807, 2.05) is 68.4 Å². The molecule has 3 aromatic carbocycles. The van der Waals surface area contributed by atoms with Crippen LogP contribution < -0.4 is 20.7 Å². The highest BCUT2D eigenvalue weighted by atomic mass is 19.1. The molecule has 9 nitrogen and oxygen atoms in total. The number of rotatable bonds is 17. The Labute approximate surface area is 287 Å². The number of methoxy groups -OCH3 is 1. The van der Waals surface area contributed by atoms with Crippen molar-refractivity contribution in [3.05, 3.63) is 101 Å². The molecule has 11 heteroatoms. The number of ether oxygens (including phenoxy) is 1. The standard InChI is InChI=1S/C38H48F2N4O5/c1-5-25(2)38(43-26(3)45)16-17-44(37(38)48)34(15-14-27-10-7-6-8-11-27)36(47)42-33(21-29-18-30(39)22-31(40)19-29)35(46)24-41-23-28-12-9-13-32(20-28)49-4/h6-13,18-20,22,25,33-35,41,46H,5,14-17,21,23-24H2,1-4H3,(H,42,47)(H,43,45)/t25-,33-,34-,35-,38-/m0/s1. The third kappa shape index (κ3) is 9.86. The van der Waals surface area contributed by atoms with Gasteiger partial charge in [-0.3, -0.25) is 14.4 Å². The lowest BCUT2D eigenvalue weighted by molar-refractivity contribution is -0.144. The Morgan fingerprint density at radius 3 is 2.35 bits per heavy atom. The van der Waals surface area contributed by atoms with E-state index in [2.05, 4.69) is 16.0 Å². The molecule has 0 bridgehead atoms. The number of aliphatic hydroxyl groups is 1. The van der Waals surface area contributed by atoms with Crippen molar-refractivity contribution in [3.8, 4) is 5.75 Å². The molecule has 1 aliphatic heterocycles. The molecule has 49 heavy (non-hydrogen) atoms. The fourth-order valence-corrected chi connectivity index (χ4v) is 6.63. The van der Waals surface area contributed by atoms with Gasteiger partial charge in [0.15, 0.2) is 0 Å². The number of hydrogen-bond acceptors (Lipinski definition) is 6. The van der Waals surface area contributed by atoms with Crippen molar-refractivity contribution in [1.29, 1.82) is 0 Å². The van der Waals surface area contributed by atoms with E-state index in [1.165, 1.54) is 24.0 Å². The van der Waals surface area contributed by atoms with Crippen LogP contribution in [0, 0.1) is 17.6 Å². The number of hydrogen-bond donors (Lipinski definition) is 4. The maximum atomic E-state index is 14.3. The van der Waals surface area contributed by atoms with Crippen LogP contribution in [0.15, 0.2) is 72.8 Å². The highest BCUT2D eigenvalue weighted by molar-refractivity contribution is 5.96. The number of benzene rings is 3. The molecule has 0 spiro atoms. The summed E-state index contributed by atoms with van der Waals surface area (Å²) in [6, 6.07) is 18.2. The fourth-order valence-electron chi connectivity index (χ4n) is 6.63. The Kier molecular flexibility index (Phi) is 13.3. The minimum atomic E-state index is -1.16. The summed E-state index contributed by atoms with van der Waals surface area (Å²) < 4.78 is 33.7. The first-order valence-corrected chi connectivity index (χ1v) is 16.9. The van der Waals surface area contributed by atoms with Gasteiger partial charge in [0, 0.05) is 32.6 Å². The number of likely N-dealkylation sites (tertiary alicyclic amines) is 1. The summed E-state index contributed by atoms with van der Waals surface area (Å²) >= 11 is 0. The van der Waals surface area contributed by atoms with Crippen molar-refractivity contribution in [2.45, 2.75) is 83.1 Å². The molecule has 4 rings (SSSR count). The number of nitrogens with one attached hydrogen (secondary N) is 3. The second-order valence-corrected chi connectivity index (χ2v) is 12.9. The third-order valence-electron chi connectivity index (χ3n) is 9.46. The molecule has 1 aliphatic rings. The lowest BCUT2D eigenvalue weighted by Crippen LogP contribution is -2.60. The summed E-state index contributed by atoms with van der Waals surface area (Å²) in [6.07, 6.45) is 0.529. The number of carbonyl (C=O) groups excluding carboxylic acids is 3. The van der Waals surface area contributed by atoms with Crippen LogP contribution in [-0.4, -0.2) is 71.7 Å². The van der Waals surface area contributed by atoms with E-state index in [0.29, 0.717) is 31.6 Å². The lowest BCUT2D eigenvalue weighted by Gasteiger charge is -2.36. The SMILES string of the molecule is CC[C@H](C)[C@@]1(NC(C)=O)CCN([C@@H](CCc2ccccc2)C(=O)N[C@@H](Cc2cc(F)cc(F)c2)[C@@H](O)CNCc2cccc(OC)c2)C1=O. The molecule has 1 fully saturated rings.